The van der Waals surface area contributed by atoms with Crippen molar-refractivity contribution in [2.45, 2.75) is 52.4 Å². The standard InChI is InChI=1S/C40H33N3O/c1-39(2,3)26-14-16-33-30(18-26)31-19-27(40(4,5)6)15-17-34(31)43(33)28-20-32(37-24(22-41)10-9-11-25(37)23-42)38-29-12-7-8-13-35(29)44-36(38)21-28/h7-21H,1-6H3. The number of aromatic nitrogens is 1. The molecule has 44 heavy (non-hydrogen) atoms. The van der Waals surface area contributed by atoms with Crippen molar-refractivity contribution in [3.05, 3.63) is 113 Å². The summed E-state index contributed by atoms with van der Waals surface area (Å²) in [5.41, 5.74) is 9.48. The van der Waals surface area contributed by atoms with E-state index in [1.807, 2.05) is 24.3 Å². The van der Waals surface area contributed by atoms with E-state index in [9.17, 15) is 10.5 Å². The summed E-state index contributed by atoms with van der Waals surface area (Å²) in [7, 11) is 0. The highest BCUT2D eigenvalue weighted by Gasteiger charge is 2.24. The van der Waals surface area contributed by atoms with E-state index in [1.165, 1.54) is 21.9 Å². The first-order valence-electron chi connectivity index (χ1n) is 15.0. The fraction of sp³-hybridized carbons (Fsp3) is 0.200. The van der Waals surface area contributed by atoms with Gasteiger partial charge in [0.2, 0.25) is 0 Å². The first kappa shape index (κ1) is 27.5. The molecule has 0 radical (unpaired) electrons. The number of para-hydroxylation sites is 1. The molecular weight excluding hydrogens is 538 g/mol. The van der Waals surface area contributed by atoms with Gasteiger partial charge in [-0.2, -0.15) is 10.5 Å². The number of furan rings is 1. The lowest BCUT2D eigenvalue weighted by Gasteiger charge is -2.19. The van der Waals surface area contributed by atoms with Crippen LogP contribution >= 0.6 is 0 Å². The Labute approximate surface area is 257 Å². The normalized spacial score (nSPS) is 12.3. The van der Waals surface area contributed by atoms with Gasteiger partial charge in [0.05, 0.1) is 40.0 Å². The number of hydrogen-bond donors (Lipinski definition) is 0. The average molecular weight is 572 g/mol. The largest absolute Gasteiger partial charge is 0.456 e. The molecule has 7 aromatic rings. The number of hydrogen-bond acceptors (Lipinski definition) is 3. The summed E-state index contributed by atoms with van der Waals surface area (Å²) in [6, 6.07) is 35.7. The molecule has 7 rings (SSSR count). The molecule has 0 atom stereocenters. The van der Waals surface area contributed by atoms with E-state index < -0.39 is 0 Å². The van der Waals surface area contributed by atoms with Gasteiger partial charge in [0.1, 0.15) is 11.2 Å². The lowest BCUT2D eigenvalue weighted by atomic mass is 9.85. The topological polar surface area (TPSA) is 65.7 Å². The van der Waals surface area contributed by atoms with Crippen LogP contribution in [0.4, 0.5) is 0 Å². The second-order valence-corrected chi connectivity index (χ2v) is 13.7. The van der Waals surface area contributed by atoms with Gasteiger partial charge in [0.15, 0.2) is 0 Å². The van der Waals surface area contributed by atoms with Crippen LogP contribution in [0.1, 0.15) is 63.8 Å². The molecule has 0 saturated heterocycles. The third-order valence-corrected chi connectivity index (χ3v) is 8.79. The minimum Gasteiger partial charge on any atom is -0.456 e. The number of nitriles is 2. The second-order valence-electron chi connectivity index (χ2n) is 13.7. The van der Waals surface area contributed by atoms with Crippen LogP contribution in [0.3, 0.4) is 0 Å². The van der Waals surface area contributed by atoms with E-state index in [1.54, 1.807) is 18.2 Å². The summed E-state index contributed by atoms with van der Waals surface area (Å²) in [5.74, 6) is 0. The van der Waals surface area contributed by atoms with Gasteiger partial charge >= 0.3 is 0 Å². The smallest absolute Gasteiger partial charge is 0.138 e. The molecule has 4 nitrogen and oxygen atoms in total. The third-order valence-electron chi connectivity index (χ3n) is 8.79. The van der Waals surface area contributed by atoms with Crippen molar-refractivity contribution in [2.75, 3.05) is 0 Å². The van der Waals surface area contributed by atoms with E-state index >= 15 is 0 Å². The molecule has 0 saturated carbocycles. The Morgan fingerprint density at radius 3 is 1.70 bits per heavy atom. The minimum absolute atomic E-state index is 0.000688. The molecule has 2 heterocycles. The molecule has 0 unspecified atom stereocenters. The van der Waals surface area contributed by atoms with Crippen LogP contribution in [-0.2, 0) is 10.8 Å². The zero-order valence-electron chi connectivity index (χ0n) is 25.9. The van der Waals surface area contributed by atoms with E-state index in [2.05, 4.69) is 107 Å². The summed E-state index contributed by atoms with van der Waals surface area (Å²) in [6.45, 7) is 13.5. The third kappa shape index (κ3) is 4.18. The Kier molecular flexibility index (Phi) is 6.00. The molecule has 0 aliphatic rings. The molecule has 0 aliphatic heterocycles. The highest BCUT2D eigenvalue weighted by molar-refractivity contribution is 6.15. The van der Waals surface area contributed by atoms with Crippen molar-refractivity contribution >= 4 is 43.7 Å². The quantitative estimate of drug-likeness (QED) is 0.207. The fourth-order valence-corrected chi connectivity index (χ4v) is 6.43. The van der Waals surface area contributed by atoms with Crippen LogP contribution in [0, 0.1) is 22.7 Å². The van der Waals surface area contributed by atoms with Crippen molar-refractivity contribution < 1.29 is 4.42 Å². The highest BCUT2D eigenvalue weighted by atomic mass is 16.3. The summed E-state index contributed by atoms with van der Waals surface area (Å²) in [6.07, 6.45) is 0. The van der Waals surface area contributed by atoms with Crippen molar-refractivity contribution in [2.24, 2.45) is 0 Å². The van der Waals surface area contributed by atoms with Crippen molar-refractivity contribution in [1.82, 2.24) is 4.57 Å². The molecule has 214 valence electrons. The van der Waals surface area contributed by atoms with Gasteiger partial charge in [0, 0.05) is 33.2 Å². The maximum absolute atomic E-state index is 10.2. The first-order valence-corrected chi connectivity index (χ1v) is 15.0. The Bertz CT molecular complexity index is 2270. The van der Waals surface area contributed by atoms with E-state index in [4.69, 9.17) is 4.42 Å². The van der Waals surface area contributed by atoms with E-state index in [0.29, 0.717) is 22.3 Å². The van der Waals surface area contributed by atoms with Crippen molar-refractivity contribution in [1.29, 1.82) is 10.5 Å². The van der Waals surface area contributed by atoms with Gasteiger partial charge in [-0.15, -0.1) is 0 Å². The Hall–Kier alpha value is -5.32. The molecule has 0 bridgehead atoms. The van der Waals surface area contributed by atoms with Gasteiger partial charge in [-0.3, -0.25) is 0 Å². The number of fused-ring (bicyclic) bond motifs is 6. The SMILES string of the molecule is CC(C)(C)c1ccc2c(c1)c1cc(C(C)(C)C)ccc1n2-c1cc(-c2c(C#N)cccc2C#N)c2c(c1)oc1ccccc12. The van der Waals surface area contributed by atoms with Crippen molar-refractivity contribution in [3.63, 3.8) is 0 Å². The van der Waals surface area contributed by atoms with Gasteiger partial charge < -0.3 is 8.98 Å². The van der Waals surface area contributed by atoms with Gasteiger partial charge in [-0.1, -0.05) is 77.9 Å². The van der Waals surface area contributed by atoms with Gasteiger partial charge in [-0.05, 0) is 76.1 Å². The lowest BCUT2D eigenvalue weighted by molar-refractivity contribution is 0.590. The predicted molar refractivity (Wildman–Crippen MR) is 180 cm³/mol. The monoisotopic (exact) mass is 571 g/mol. The highest BCUT2D eigenvalue weighted by Crippen LogP contribution is 2.43. The van der Waals surface area contributed by atoms with Crippen LogP contribution in [0.25, 0.3) is 60.6 Å². The van der Waals surface area contributed by atoms with Gasteiger partial charge in [0.25, 0.3) is 0 Å². The molecule has 2 aromatic heterocycles. The summed E-state index contributed by atoms with van der Waals surface area (Å²) in [4.78, 5) is 0. The number of nitrogens with zero attached hydrogens (tertiary/aromatic N) is 3. The minimum atomic E-state index is -0.000688. The molecular formula is C40H33N3O. The first-order chi connectivity index (χ1) is 21.0. The molecule has 0 N–H and O–H groups in total. The van der Waals surface area contributed by atoms with Crippen molar-refractivity contribution in [3.8, 4) is 29.0 Å². The molecule has 0 spiro atoms. The molecule has 0 amide bonds. The Balaban J connectivity index is 1.65. The van der Waals surface area contributed by atoms with Crippen LogP contribution < -0.4 is 0 Å². The van der Waals surface area contributed by atoms with Crippen LogP contribution in [0.5, 0.6) is 0 Å². The summed E-state index contributed by atoms with van der Waals surface area (Å²) < 4.78 is 8.77. The average Bonchev–Trinajstić information content (AvgIpc) is 3.54. The fourth-order valence-electron chi connectivity index (χ4n) is 6.43. The molecule has 5 aromatic carbocycles. The number of rotatable bonds is 2. The Morgan fingerprint density at radius 1 is 0.591 bits per heavy atom. The zero-order valence-corrected chi connectivity index (χ0v) is 25.9. The van der Waals surface area contributed by atoms with E-state index in [0.717, 1.165) is 38.6 Å². The maximum atomic E-state index is 10.2. The zero-order chi connectivity index (χ0) is 31.0. The van der Waals surface area contributed by atoms with E-state index in [-0.39, 0.29) is 10.8 Å². The predicted octanol–water partition coefficient (Wildman–Crippen LogP) is 10.7. The van der Waals surface area contributed by atoms with Crippen LogP contribution in [0.2, 0.25) is 0 Å². The van der Waals surface area contributed by atoms with Gasteiger partial charge in [-0.25, -0.2) is 0 Å². The molecule has 0 aliphatic carbocycles. The maximum Gasteiger partial charge on any atom is 0.138 e. The summed E-state index contributed by atoms with van der Waals surface area (Å²) in [5, 5.41) is 24.6. The lowest BCUT2D eigenvalue weighted by Crippen LogP contribution is -2.10. The summed E-state index contributed by atoms with van der Waals surface area (Å²) >= 11 is 0. The van der Waals surface area contributed by atoms with Crippen LogP contribution in [-0.4, -0.2) is 4.57 Å². The number of benzene rings is 5. The second kappa shape index (κ2) is 9.60. The molecule has 0 fully saturated rings. The van der Waals surface area contributed by atoms with Crippen LogP contribution in [0.15, 0.2) is 95.4 Å². The molecule has 4 heteroatoms. The Morgan fingerprint density at radius 2 is 1.16 bits per heavy atom.